The lowest BCUT2D eigenvalue weighted by atomic mass is 10.1. The van der Waals surface area contributed by atoms with E-state index < -0.39 is 35.7 Å². The zero-order valence-electron chi connectivity index (χ0n) is 23.4. The highest BCUT2D eigenvalue weighted by Crippen LogP contribution is 2.32. The number of piperazine rings is 1. The Labute approximate surface area is 242 Å². The molecule has 2 heterocycles. The summed E-state index contributed by atoms with van der Waals surface area (Å²) < 4.78 is 39.7. The molecule has 0 aliphatic carbocycles. The van der Waals surface area contributed by atoms with Gasteiger partial charge in [0, 0.05) is 32.1 Å². The van der Waals surface area contributed by atoms with Gasteiger partial charge in [0.25, 0.3) is 11.8 Å². The van der Waals surface area contributed by atoms with Gasteiger partial charge in [-0.15, -0.1) is 10.2 Å². The maximum atomic E-state index is 13.2. The van der Waals surface area contributed by atoms with E-state index in [1.165, 1.54) is 23.1 Å². The quantitative estimate of drug-likeness (QED) is 0.303. The molecule has 3 rings (SSSR count). The van der Waals surface area contributed by atoms with E-state index in [4.69, 9.17) is 10.8 Å². The van der Waals surface area contributed by atoms with Crippen LogP contribution in [-0.2, 0) is 15.8 Å². The number of carbonyl (C=O) groups is 3. The number of amides is 2. The monoisotopic (exact) mass is 603 g/mol. The minimum absolute atomic E-state index is 0. The zero-order chi connectivity index (χ0) is 30.2. The average molecular weight is 604 g/mol. The van der Waals surface area contributed by atoms with Crippen LogP contribution in [0.25, 0.3) is 0 Å². The normalized spacial score (nSPS) is 14.9. The highest BCUT2D eigenvalue weighted by Gasteiger charge is 2.36. The van der Waals surface area contributed by atoms with Crippen LogP contribution in [0.15, 0.2) is 36.4 Å². The summed E-state index contributed by atoms with van der Waals surface area (Å²) in [5, 5.41) is 19.0. The number of carbonyl (C=O) groups excluding carboxylic acids is 2. The number of nitrogens with one attached hydrogen (secondary N) is 1. The molecule has 1 aliphatic rings. The molecule has 1 aliphatic heterocycles. The summed E-state index contributed by atoms with van der Waals surface area (Å²) >= 11 is 0. The van der Waals surface area contributed by atoms with Gasteiger partial charge in [0.15, 0.2) is 17.7 Å². The second kappa shape index (κ2) is 15.5. The first kappa shape index (κ1) is 35.5. The van der Waals surface area contributed by atoms with Crippen LogP contribution in [0.2, 0.25) is 0 Å². The number of nitrogens with two attached hydrogens (primary N) is 1. The Morgan fingerprint density at radius 3 is 2.00 bits per heavy atom. The van der Waals surface area contributed by atoms with Crippen molar-refractivity contribution in [3.05, 3.63) is 47.5 Å². The summed E-state index contributed by atoms with van der Waals surface area (Å²) in [4.78, 5) is 38.1. The van der Waals surface area contributed by atoms with Crippen molar-refractivity contribution >= 4 is 29.4 Å². The van der Waals surface area contributed by atoms with Crippen molar-refractivity contribution < 1.29 is 50.8 Å². The van der Waals surface area contributed by atoms with Gasteiger partial charge in [-0.1, -0.05) is 39.8 Å². The number of alkyl halides is 3. The number of benzene rings is 1. The minimum Gasteiger partial charge on any atom is -1.00 e. The third-order valence-corrected chi connectivity index (χ3v) is 6.40. The first-order valence-corrected chi connectivity index (χ1v) is 12.8. The van der Waals surface area contributed by atoms with E-state index in [0.717, 1.165) is 6.07 Å². The molecule has 1 saturated heterocycles. The lowest BCUT2D eigenvalue weighted by molar-refractivity contribution is -0.412. The first-order chi connectivity index (χ1) is 18.6. The van der Waals surface area contributed by atoms with Gasteiger partial charge in [-0.05, 0) is 30.2 Å². The highest BCUT2D eigenvalue weighted by molar-refractivity contribution is 5.96. The molecule has 1 aromatic heterocycles. The predicted molar refractivity (Wildman–Crippen MR) is 142 cm³/mol. The molecule has 15 heteroatoms. The number of nitrogens with zero attached hydrogens (tertiary/aromatic N) is 4. The summed E-state index contributed by atoms with van der Waals surface area (Å²) in [6.45, 7) is 8.66. The Morgan fingerprint density at radius 1 is 0.976 bits per heavy atom. The Bertz CT molecular complexity index is 1160. The second-order valence-electron chi connectivity index (χ2n) is 10.0. The minimum atomic E-state index is -4.59. The van der Waals surface area contributed by atoms with E-state index in [2.05, 4.69) is 21.2 Å². The van der Waals surface area contributed by atoms with Gasteiger partial charge in [0.2, 0.25) is 0 Å². The van der Waals surface area contributed by atoms with Gasteiger partial charge in [0.1, 0.15) is 6.04 Å². The number of carboxylic acids is 1. The van der Waals surface area contributed by atoms with Crippen LogP contribution < -0.4 is 34.1 Å². The van der Waals surface area contributed by atoms with E-state index >= 15 is 0 Å². The van der Waals surface area contributed by atoms with E-state index in [-0.39, 0.29) is 48.8 Å². The Balaban J connectivity index is 0.000000818. The third-order valence-electron chi connectivity index (χ3n) is 6.40. The van der Waals surface area contributed by atoms with Crippen molar-refractivity contribution in [2.24, 2.45) is 17.6 Å². The van der Waals surface area contributed by atoms with Crippen molar-refractivity contribution in [2.45, 2.75) is 46.0 Å². The molecule has 2 unspecified atom stereocenters. The maximum absolute atomic E-state index is 13.2. The van der Waals surface area contributed by atoms with Gasteiger partial charge in [-0.25, -0.2) is 0 Å². The molecule has 1 aromatic carbocycles. The summed E-state index contributed by atoms with van der Waals surface area (Å²) in [5.41, 5.74) is 7.70. The molecule has 7 N–H and O–H groups in total. The lowest BCUT2D eigenvalue weighted by Crippen LogP contribution is -3.00. The molecule has 1 fully saturated rings. The molecule has 2 amide bonds. The topological polar surface area (TPSA) is 169 Å². The number of aliphatic carboxylic acids is 1. The fourth-order valence-corrected chi connectivity index (χ4v) is 3.59. The summed E-state index contributed by atoms with van der Waals surface area (Å²) in [7, 11) is 0. The predicted octanol–water partition coefficient (Wildman–Crippen LogP) is -1.28. The number of anilines is 2. The Morgan fingerprint density at radius 2 is 1.56 bits per heavy atom. The number of halogens is 4. The molecule has 0 saturated carbocycles. The number of aromatic nitrogens is 2. The van der Waals surface area contributed by atoms with E-state index in [0.29, 0.717) is 24.7 Å². The molecule has 2 atom stereocenters. The van der Waals surface area contributed by atoms with E-state index in [9.17, 15) is 27.6 Å². The molecule has 2 aromatic rings. The summed E-state index contributed by atoms with van der Waals surface area (Å²) in [6, 6.07) is 7.01. The van der Waals surface area contributed by atoms with Crippen LogP contribution in [-0.4, -0.2) is 76.3 Å². The first-order valence-electron chi connectivity index (χ1n) is 12.8. The summed E-state index contributed by atoms with van der Waals surface area (Å²) in [6.07, 6.45) is -4.59. The molecule has 0 radical (unpaired) electrons. The third kappa shape index (κ3) is 10.1. The number of rotatable bonds is 7. The molecule has 41 heavy (non-hydrogen) atoms. The highest BCUT2D eigenvalue weighted by atomic mass is 35.5. The summed E-state index contributed by atoms with van der Waals surface area (Å²) in [5.74, 6) is -0.841. The van der Waals surface area contributed by atoms with E-state index in [1.54, 1.807) is 26.0 Å². The number of hydrogen-bond donors (Lipinski definition) is 4. The van der Waals surface area contributed by atoms with Crippen LogP contribution in [0.3, 0.4) is 0 Å². The molecule has 0 spiro atoms. The SMILES string of the molecule is CC(C)C(N)C(=O)O.CC(C)C([NH3+])C(=O)Nc1ccc(N2CCN(C(=O)c3ccccc3C(F)(F)F)CC2)nn1.[Cl-]. The van der Waals surface area contributed by atoms with Gasteiger partial charge >= 0.3 is 12.1 Å². The molecule has 0 bridgehead atoms. The standard InChI is InChI=1S/C21H25F3N6O2.C5H11NO2.ClH/c1-13(2)18(25)19(31)26-16-7-8-17(28-27-16)29-9-11-30(12-10-29)20(32)14-5-3-4-6-15(14)21(22,23)24;1-3(2)4(6)5(7)8;/h3-8,13,18H,9-12,25H2,1-2H3,(H,26,27,31);3-4H,6H2,1-2H3,(H,7,8);1H. The van der Waals surface area contributed by atoms with Crippen molar-refractivity contribution in [3.63, 3.8) is 0 Å². The van der Waals surface area contributed by atoms with Crippen molar-refractivity contribution in [1.29, 1.82) is 0 Å². The van der Waals surface area contributed by atoms with Crippen molar-refractivity contribution in [2.75, 3.05) is 36.4 Å². The number of carboxylic acid groups (broad SMARTS) is 1. The van der Waals surface area contributed by atoms with Gasteiger partial charge in [0.05, 0.1) is 11.1 Å². The molecular formula is C26H37ClF3N7O4. The van der Waals surface area contributed by atoms with E-state index in [1.807, 2.05) is 18.7 Å². The molecule has 228 valence electrons. The lowest BCUT2D eigenvalue weighted by Gasteiger charge is -2.35. The second-order valence-corrected chi connectivity index (χ2v) is 10.0. The van der Waals surface area contributed by atoms with Crippen LogP contribution >= 0.6 is 0 Å². The number of hydrogen-bond acceptors (Lipinski definition) is 7. The smallest absolute Gasteiger partial charge is 0.417 e. The van der Waals surface area contributed by atoms with Gasteiger partial charge in [-0.2, -0.15) is 13.2 Å². The average Bonchev–Trinajstić information content (AvgIpc) is 2.92. The largest absolute Gasteiger partial charge is 1.00 e. The molecular weight excluding hydrogens is 567 g/mol. The van der Waals surface area contributed by atoms with Crippen molar-refractivity contribution in [1.82, 2.24) is 15.1 Å². The Hall–Kier alpha value is -3.49. The fourth-order valence-electron chi connectivity index (χ4n) is 3.59. The Kier molecular flexibility index (Phi) is 13.4. The van der Waals surface area contributed by atoms with Crippen LogP contribution in [0.1, 0.15) is 43.6 Å². The van der Waals surface area contributed by atoms with Crippen LogP contribution in [0, 0.1) is 11.8 Å². The van der Waals surface area contributed by atoms with Gasteiger partial charge in [-0.3, -0.25) is 14.4 Å². The maximum Gasteiger partial charge on any atom is 0.417 e. The fraction of sp³-hybridized carbons (Fsp3) is 0.500. The zero-order valence-corrected chi connectivity index (χ0v) is 24.1. The van der Waals surface area contributed by atoms with Crippen LogP contribution in [0.5, 0.6) is 0 Å². The molecule has 11 nitrogen and oxygen atoms in total. The van der Waals surface area contributed by atoms with Gasteiger partial charge < -0.3 is 44.1 Å². The van der Waals surface area contributed by atoms with Crippen molar-refractivity contribution in [3.8, 4) is 0 Å². The number of quaternary nitrogens is 1. The van der Waals surface area contributed by atoms with Crippen LogP contribution in [0.4, 0.5) is 24.8 Å².